The molecule has 0 bridgehead atoms. The summed E-state index contributed by atoms with van der Waals surface area (Å²) < 4.78 is 44.8. The number of sulfonamides is 1. The number of likely N-dealkylation sites (N-methyl/N-ethyl adjacent to an activating group) is 1. The number of aliphatic hydroxyl groups is 1. The molecule has 36 heavy (non-hydrogen) atoms. The molecule has 0 aromatic heterocycles. The van der Waals surface area contributed by atoms with Crippen LogP contribution in [0.4, 0.5) is 15.8 Å². The van der Waals surface area contributed by atoms with E-state index in [1.54, 1.807) is 7.05 Å². The van der Waals surface area contributed by atoms with Crippen LogP contribution in [0, 0.1) is 5.82 Å². The van der Waals surface area contributed by atoms with Crippen LogP contribution < -0.4 is 4.90 Å². The van der Waals surface area contributed by atoms with Crippen molar-refractivity contribution in [3.8, 4) is 11.1 Å². The highest BCUT2D eigenvalue weighted by Gasteiger charge is 2.37. The van der Waals surface area contributed by atoms with Crippen molar-refractivity contribution in [3.05, 3.63) is 84.2 Å². The van der Waals surface area contributed by atoms with E-state index in [1.165, 1.54) is 34.6 Å². The Kier molecular flexibility index (Phi) is 7.28. The van der Waals surface area contributed by atoms with Crippen molar-refractivity contribution < 1.29 is 22.7 Å². The van der Waals surface area contributed by atoms with E-state index in [0.717, 1.165) is 18.5 Å². The van der Waals surface area contributed by atoms with Gasteiger partial charge in [-0.2, -0.15) is 4.31 Å². The van der Waals surface area contributed by atoms with Gasteiger partial charge < -0.3 is 10.0 Å². The molecule has 0 aliphatic carbocycles. The molecule has 1 aliphatic heterocycles. The first-order valence-corrected chi connectivity index (χ1v) is 13.2. The fourth-order valence-corrected chi connectivity index (χ4v) is 6.15. The number of halogens is 1. The number of rotatable bonds is 7. The van der Waals surface area contributed by atoms with Crippen LogP contribution in [0.25, 0.3) is 16.9 Å². The van der Waals surface area contributed by atoms with E-state index in [-0.39, 0.29) is 39.1 Å². The molecule has 0 amide bonds. The summed E-state index contributed by atoms with van der Waals surface area (Å²) in [5, 5.41) is 9.85. The van der Waals surface area contributed by atoms with Crippen molar-refractivity contribution in [3.63, 3.8) is 0 Å². The number of hydrogen-bond donors (Lipinski definition) is 1. The van der Waals surface area contributed by atoms with E-state index in [0.29, 0.717) is 24.8 Å². The van der Waals surface area contributed by atoms with E-state index >= 15 is 4.39 Å². The number of fused-ring (bicyclic) bond motifs is 1. The summed E-state index contributed by atoms with van der Waals surface area (Å²) in [6.07, 6.45) is 3.00. The van der Waals surface area contributed by atoms with Crippen LogP contribution in [0.15, 0.2) is 72.1 Å². The van der Waals surface area contributed by atoms with Gasteiger partial charge in [0.05, 0.1) is 5.69 Å². The van der Waals surface area contributed by atoms with Gasteiger partial charge in [0.15, 0.2) is 6.29 Å². The highest BCUT2D eigenvalue weighted by Crippen LogP contribution is 2.41. The number of carbonyl (C=O) groups excluding carboxylic acids is 1. The second kappa shape index (κ2) is 10.2. The van der Waals surface area contributed by atoms with Crippen LogP contribution in [0.1, 0.15) is 42.1 Å². The van der Waals surface area contributed by atoms with E-state index in [1.807, 2.05) is 35.2 Å². The monoisotopic (exact) mass is 508 g/mol. The lowest BCUT2D eigenvalue weighted by atomic mass is 9.96. The van der Waals surface area contributed by atoms with Gasteiger partial charge in [0, 0.05) is 42.0 Å². The van der Waals surface area contributed by atoms with Crippen molar-refractivity contribution >= 4 is 33.4 Å². The Balaban J connectivity index is 1.99. The Hall–Kier alpha value is -3.49. The number of benzene rings is 3. The molecule has 4 rings (SSSR count). The Labute approximate surface area is 211 Å². The third kappa shape index (κ3) is 4.66. The molecule has 8 heteroatoms. The Morgan fingerprint density at radius 3 is 2.50 bits per heavy atom. The highest BCUT2D eigenvalue weighted by atomic mass is 32.2. The molecule has 6 nitrogen and oxygen atoms in total. The zero-order valence-electron chi connectivity index (χ0n) is 20.3. The molecule has 3 aromatic carbocycles. The summed E-state index contributed by atoms with van der Waals surface area (Å²) in [6, 6.07) is 15.9. The molecule has 0 unspecified atom stereocenters. The Morgan fingerprint density at radius 2 is 1.86 bits per heavy atom. The smallest absolute Gasteiger partial charge is 0.245 e. The summed E-state index contributed by atoms with van der Waals surface area (Å²) in [5.41, 5.74) is 1.59. The summed E-state index contributed by atoms with van der Waals surface area (Å²) in [5.74, 6) is -0.923. The molecule has 1 atom stereocenters. The minimum absolute atomic E-state index is 0.0454. The fourth-order valence-electron chi connectivity index (χ4n) is 4.58. The molecular formula is C28H29FN2O4S. The zero-order chi connectivity index (χ0) is 26.0. The van der Waals surface area contributed by atoms with Crippen LogP contribution in [-0.4, -0.2) is 43.7 Å². The number of para-hydroxylation sites is 1. The third-order valence-electron chi connectivity index (χ3n) is 6.67. The number of carbonyl (C=O) groups is 1. The maximum Gasteiger partial charge on any atom is 0.245 e. The van der Waals surface area contributed by atoms with E-state index in [9.17, 15) is 18.3 Å². The maximum absolute atomic E-state index is 15.7. The standard InChI is InChI=1S/C28H29FN2O4S/c1-4-5-9-23-17-31(22-10-7-6-8-11-22)27-16-26(29)25(15-28(27)36(34,35)30(23)3)24-14-20(19(2)33)12-13-21(24)18-32/h6-8,10-16,18,23,33H,2,4-5,9,17H2,1,3H3/t23-/m1/s1. The van der Waals surface area contributed by atoms with Gasteiger partial charge in [-0.05, 0) is 42.3 Å². The van der Waals surface area contributed by atoms with Gasteiger partial charge in [-0.15, -0.1) is 0 Å². The first kappa shape index (κ1) is 25.6. The molecule has 3 aromatic rings. The summed E-state index contributed by atoms with van der Waals surface area (Å²) in [7, 11) is -2.44. The average molecular weight is 509 g/mol. The maximum atomic E-state index is 15.7. The molecule has 1 heterocycles. The minimum atomic E-state index is -4.00. The predicted molar refractivity (Wildman–Crippen MR) is 141 cm³/mol. The molecular weight excluding hydrogens is 479 g/mol. The lowest BCUT2D eigenvalue weighted by Gasteiger charge is -2.29. The number of unbranched alkanes of at least 4 members (excludes halogenated alkanes) is 1. The van der Waals surface area contributed by atoms with Crippen molar-refractivity contribution in [1.82, 2.24) is 4.31 Å². The number of aliphatic hydroxyl groups excluding tert-OH is 1. The second-order valence-electron chi connectivity index (χ2n) is 8.93. The zero-order valence-corrected chi connectivity index (χ0v) is 21.1. The van der Waals surface area contributed by atoms with Crippen LogP contribution in [0.2, 0.25) is 0 Å². The minimum Gasteiger partial charge on any atom is -0.508 e. The quantitative estimate of drug-likeness (QED) is 0.305. The van der Waals surface area contributed by atoms with E-state index in [4.69, 9.17) is 0 Å². The van der Waals surface area contributed by atoms with Crippen LogP contribution in [0.3, 0.4) is 0 Å². The van der Waals surface area contributed by atoms with Crippen LogP contribution in [-0.2, 0) is 10.0 Å². The largest absolute Gasteiger partial charge is 0.508 e. The fraction of sp³-hybridized carbons (Fsp3) is 0.250. The Morgan fingerprint density at radius 1 is 1.14 bits per heavy atom. The number of hydrogen-bond acceptors (Lipinski definition) is 5. The number of nitrogens with zero attached hydrogens (tertiary/aromatic N) is 2. The molecule has 1 aliphatic rings. The normalized spacial score (nSPS) is 17.3. The SMILES string of the molecule is C=C(O)c1ccc(C=O)c(-c2cc3c(cc2F)N(c2ccccc2)C[C@@H](CCCC)N(C)S3(=O)=O)c1. The molecule has 0 saturated carbocycles. The van der Waals surface area contributed by atoms with Gasteiger partial charge in [-0.25, -0.2) is 12.8 Å². The summed E-state index contributed by atoms with van der Waals surface area (Å²) >= 11 is 0. The summed E-state index contributed by atoms with van der Waals surface area (Å²) in [4.78, 5) is 13.6. The van der Waals surface area contributed by atoms with Crippen molar-refractivity contribution in [1.29, 1.82) is 0 Å². The second-order valence-corrected chi connectivity index (χ2v) is 10.9. The van der Waals surface area contributed by atoms with E-state index in [2.05, 4.69) is 13.5 Å². The third-order valence-corrected chi connectivity index (χ3v) is 8.61. The summed E-state index contributed by atoms with van der Waals surface area (Å²) in [6.45, 7) is 5.91. The van der Waals surface area contributed by atoms with Gasteiger partial charge in [0.2, 0.25) is 10.0 Å². The first-order valence-electron chi connectivity index (χ1n) is 11.8. The highest BCUT2D eigenvalue weighted by molar-refractivity contribution is 7.89. The topological polar surface area (TPSA) is 77.9 Å². The van der Waals surface area contributed by atoms with Gasteiger partial charge in [-0.3, -0.25) is 4.79 Å². The van der Waals surface area contributed by atoms with Gasteiger partial charge in [0.1, 0.15) is 16.5 Å². The Bertz CT molecular complexity index is 1410. The van der Waals surface area contributed by atoms with Crippen molar-refractivity contribution in [2.75, 3.05) is 18.5 Å². The number of aldehydes is 1. The molecule has 1 N–H and O–H groups in total. The lowest BCUT2D eigenvalue weighted by Crippen LogP contribution is -2.40. The average Bonchev–Trinajstić information content (AvgIpc) is 2.95. The van der Waals surface area contributed by atoms with E-state index < -0.39 is 15.8 Å². The molecule has 0 saturated heterocycles. The predicted octanol–water partition coefficient (Wildman–Crippen LogP) is 6.16. The van der Waals surface area contributed by atoms with Gasteiger partial charge >= 0.3 is 0 Å². The lowest BCUT2D eigenvalue weighted by molar-refractivity contribution is 0.112. The van der Waals surface area contributed by atoms with Crippen LogP contribution >= 0.6 is 0 Å². The molecule has 0 radical (unpaired) electrons. The molecule has 0 spiro atoms. The number of anilines is 2. The first-order chi connectivity index (χ1) is 17.2. The van der Waals surface area contributed by atoms with Gasteiger partial charge in [0.25, 0.3) is 0 Å². The molecule has 188 valence electrons. The molecule has 0 fully saturated rings. The van der Waals surface area contributed by atoms with Crippen molar-refractivity contribution in [2.24, 2.45) is 0 Å². The van der Waals surface area contributed by atoms with Crippen LogP contribution in [0.5, 0.6) is 0 Å². The van der Waals surface area contributed by atoms with Crippen molar-refractivity contribution in [2.45, 2.75) is 37.1 Å². The van der Waals surface area contributed by atoms with Gasteiger partial charge in [-0.1, -0.05) is 56.7 Å².